The van der Waals surface area contributed by atoms with Crippen LogP contribution in [0.1, 0.15) is 78.1 Å². The summed E-state index contributed by atoms with van der Waals surface area (Å²) in [5.74, 6) is 0. The third-order valence-corrected chi connectivity index (χ3v) is 3.00. The van der Waals surface area contributed by atoms with Crippen molar-refractivity contribution < 1.29 is 4.74 Å². The number of unbranched alkanes of at least 4 members (excludes halogenated alkanes) is 8. The van der Waals surface area contributed by atoms with Crippen LogP contribution in [-0.2, 0) is 4.74 Å². The Bertz CT molecular complexity index is 112. The topological polar surface area (TPSA) is 9.23 Å². The summed E-state index contributed by atoms with van der Waals surface area (Å²) >= 11 is 0. The highest BCUT2D eigenvalue weighted by molar-refractivity contribution is 4.52. The molecule has 0 saturated carbocycles. The molecular formula is C14H29O. The van der Waals surface area contributed by atoms with Gasteiger partial charge in [0, 0.05) is 0 Å². The second-order valence-corrected chi connectivity index (χ2v) is 4.59. The van der Waals surface area contributed by atoms with Crippen molar-refractivity contribution >= 4 is 0 Å². The zero-order chi connectivity index (χ0) is 11.4. The molecule has 0 rings (SSSR count). The van der Waals surface area contributed by atoms with Gasteiger partial charge in [-0.3, -0.25) is 0 Å². The molecule has 0 fully saturated rings. The molecule has 1 heteroatoms. The number of hydrogen-bond acceptors (Lipinski definition) is 1. The predicted molar refractivity (Wildman–Crippen MR) is 67.7 cm³/mol. The second kappa shape index (κ2) is 12.0. The number of rotatable bonds is 11. The van der Waals surface area contributed by atoms with Crippen molar-refractivity contribution in [2.24, 2.45) is 0 Å². The van der Waals surface area contributed by atoms with Gasteiger partial charge >= 0.3 is 0 Å². The minimum atomic E-state index is 0.342. The van der Waals surface area contributed by atoms with Crippen LogP contribution in [0.5, 0.6) is 0 Å². The van der Waals surface area contributed by atoms with Crippen LogP contribution in [0.2, 0.25) is 0 Å². The van der Waals surface area contributed by atoms with Gasteiger partial charge in [-0.25, -0.2) is 0 Å². The highest BCUT2D eigenvalue weighted by Crippen LogP contribution is 2.11. The van der Waals surface area contributed by atoms with Crippen LogP contribution in [-0.4, -0.2) is 6.10 Å². The lowest BCUT2D eigenvalue weighted by Crippen LogP contribution is -2.02. The van der Waals surface area contributed by atoms with Crippen molar-refractivity contribution in [3.8, 4) is 0 Å². The summed E-state index contributed by atoms with van der Waals surface area (Å²) in [6.07, 6.45) is 14.1. The quantitative estimate of drug-likeness (QED) is 0.434. The largest absolute Gasteiger partial charge is 0.376 e. The van der Waals surface area contributed by atoms with Gasteiger partial charge in [-0.2, -0.15) is 0 Å². The summed E-state index contributed by atoms with van der Waals surface area (Å²) in [4.78, 5) is 0. The first-order valence-corrected chi connectivity index (χ1v) is 6.72. The lowest BCUT2D eigenvalue weighted by atomic mass is 10.1. The van der Waals surface area contributed by atoms with Crippen LogP contribution in [0, 0.1) is 7.11 Å². The molecule has 1 atom stereocenters. The summed E-state index contributed by atoms with van der Waals surface area (Å²) in [6.45, 7) is 4.36. The van der Waals surface area contributed by atoms with Crippen molar-refractivity contribution in [1.82, 2.24) is 0 Å². The fraction of sp³-hybridized carbons (Fsp3) is 0.929. The normalized spacial score (nSPS) is 13.0. The fourth-order valence-electron chi connectivity index (χ4n) is 1.83. The summed E-state index contributed by atoms with van der Waals surface area (Å²) < 4.78 is 4.97. The summed E-state index contributed by atoms with van der Waals surface area (Å²) in [5.41, 5.74) is 0. The Hall–Kier alpha value is -0.0400. The molecule has 0 heterocycles. The van der Waals surface area contributed by atoms with E-state index < -0.39 is 0 Å². The highest BCUT2D eigenvalue weighted by atomic mass is 16.5. The van der Waals surface area contributed by atoms with Gasteiger partial charge in [0.2, 0.25) is 0 Å². The van der Waals surface area contributed by atoms with Crippen LogP contribution in [0.3, 0.4) is 0 Å². The lowest BCUT2D eigenvalue weighted by molar-refractivity contribution is 0.143. The highest BCUT2D eigenvalue weighted by Gasteiger charge is 1.98. The summed E-state index contributed by atoms with van der Waals surface area (Å²) in [7, 11) is 3.44. The zero-order valence-corrected chi connectivity index (χ0v) is 10.8. The van der Waals surface area contributed by atoms with E-state index in [0.717, 1.165) is 0 Å². The van der Waals surface area contributed by atoms with Gasteiger partial charge in [-0.1, -0.05) is 64.7 Å². The molecule has 0 aromatic heterocycles. The molecule has 0 aliphatic rings. The molecule has 0 aliphatic carbocycles. The van der Waals surface area contributed by atoms with E-state index >= 15 is 0 Å². The number of ether oxygens (including phenoxy) is 1. The van der Waals surface area contributed by atoms with Gasteiger partial charge in [0.15, 0.2) is 0 Å². The zero-order valence-electron chi connectivity index (χ0n) is 10.8. The molecule has 1 unspecified atom stereocenters. The van der Waals surface area contributed by atoms with Crippen LogP contribution >= 0.6 is 0 Å². The Balaban J connectivity index is 2.92. The smallest absolute Gasteiger partial charge is 0.0704 e. The molecule has 1 radical (unpaired) electrons. The Labute approximate surface area is 96.6 Å². The van der Waals surface area contributed by atoms with E-state index in [-0.39, 0.29) is 0 Å². The molecular weight excluding hydrogens is 184 g/mol. The Morgan fingerprint density at radius 3 is 1.80 bits per heavy atom. The predicted octanol–water partition coefficient (Wildman–Crippen LogP) is 5.10. The van der Waals surface area contributed by atoms with Gasteiger partial charge in [-0.15, -0.1) is 0 Å². The molecule has 0 amide bonds. The third-order valence-electron chi connectivity index (χ3n) is 3.00. The van der Waals surface area contributed by atoms with Crippen molar-refractivity contribution in [3.05, 3.63) is 7.11 Å². The van der Waals surface area contributed by atoms with Gasteiger partial charge in [0.1, 0.15) is 0 Å². The minimum absolute atomic E-state index is 0.342. The second-order valence-electron chi connectivity index (χ2n) is 4.59. The molecule has 0 spiro atoms. The van der Waals surface area contributed by atoms with E-state index in [1.807, 2.05) is 0 Å². The summed E-state index contributed by atoms with van der Waals surface area (Å²) in [6, 6.07) is 0. The maximum atomic E-state index is 4.97. The molecule has 0 saturated heterocycles. The van der Waals surface area contributed by atoms with E-state index in [0.29, 0.717) is 6.10 Å². The van der Waals surface area contributed by atoms with Crippen LogP contribution in [0.15, 0.2) is 0 Å². The molecule has 0 N–H and O–H groups in total. The fourth-order valence-corrected chi connectivity index (χ4v) is 1.83. The first-order valence-electron chi connectivity index (χ1n) is 6.72. The Morgan fingerprint density at radius 1 is 0.867 bits per heavy atom. The average Bonchev–Trinajstić information content (AvgIpc) is 2.26. The molecule has 91 valence electrons. The Morgan fingerprint density at radius 2 is 1.33 bits per heavy atom. The van der Waals surface area contributed by atoms with Crippen molar-refractivity contribution in [2.75, 3.05) is 0 Å². The molecule has 0 aromatic carbocycles. The van der Waals surface area contributed by atoms with E-state index in [1.165, 1.54) is 64.2 Å². The third kappa shape index (κ3) is 11.9. The van der Waals surface area contributed by atoms with Gasteiger partial charge in [0.25, 0.3) is 0 Å². The maximum Gasteiger partial charge on any atom is 0.0704 e. The van der Waals surface area contributed by atoms with Crippen molar-refractivity contribution in [3.63, 3.8) is 0 Å². The van der Waals surface area contributed by atoms with Gasteiger partial charge in [0.05, 0.1) is 13.2 Å². The first-order chi connectivity index (χ1) is 7.31. The molecule has 15 heavy (non-hydrogen) atoms. The molecule has 0 aliphatic heterocycles. The molecule has 1 nitrogen and oxygen atoms in total. The van der Waals surface area contributed by atoms with Crippen LogP contribution in [0.4, 0.5) is 0 Å². The van der Waals surface area contributed by atoms with E-state index in [4.69, 9.17) is 4.74 Å². The van der Waals surface area contributed by atoms with E-state index in [1.54, 1.807) is 0 Å². The maximum absolute atomic E-state index is 4.97. The van der Waals surface area contributed by atoms with Crippen LogP contribution in [0.25, 0.3) is 0 Å². The van der Waals surface area contributed by atoms with Gasteiger partial charge in [-0.05, 0) is 13.3 Å². The standard InChI is InChI=1S/C14H29O/c1-4-5-6-7-8-9-10-11-12-13-14(2)15-3/h14H,3-13H2,1-2H3. The average molecular weight is 213 g/mol. The Kier molecular flexibility index (Phi) is 12.0. The first kappa shape index (κ1) is 15.0. The monoisotopic (exact) mass is 213 g/mol. The van der Waals surface area contributed by atoms with E-state index in [9.17, 15) is 0 Å². The van der Waals surface area contributed by atoms with Crippen molar-refractivity contribution in [2.45, 2.75) is 84.2 Å². The SMILES string of the molecule is [CH2]OC(C)CCCCCCCCCCC. The molecule has 0 aromatic rings. The summed E-state index contributed by atoms with van der Waals surface area (Å²) in [5, 5.41) is 0. The van der Waals surface area contributed by atoms with Crippen LogP contribution < -0.4 is 0 Å². The molecule has 0 bridgehead atoms. The number of hydrogen-bond donors (Lipinski definition) is 0. The van der Waals surface area contributed by atoms with Crippen molar-refractivity contribution in [1.29, 1.82) is 0 Å². The lowest BCUT2D eigenvalue weighted by Gasteiger charge is -2.08. The van der Waals surface area contributed by atoms with E-state index in [2.05, 4.69) is 21.0 Å². The van der Waals surface area contributed by atoms with Gasteiger partial charge < -0.3 is 4.74 Å². The minimum Gasteiger partial charge on any atom is -0.376 e.